The summed E-state index contributed by atoms with van der Waals surface area (Å²) in [5.41, 5.74) is 0.360. The predicted molar refractivity (Wildman–Crippen MR) is 71.0 cm³/mol. The van der Waals surface area contributed by atoms with Gasteiger partial charge in [0.1, 0.15) is 17.5 Å². The Balaban J connectivity index is 2.18. The number of halogens is 1. The quantitative estimate of drug-likeness (QED) is 0.622. The molecule has 0 unspecified atom stereocenters. The highest BCUT2D eigenvalue weighted by Gasteiger charge is 2.16. The van der Waals surface area contributed by atoms with Crippen molar-refractivity contribution in [1.82, 2.24) is 9.97 Å². The molecule has 0 atom stereocenters. The van der Waals surface area contributed by atoms with E-state index in [9.17, 15) is 10.1 Å². The number of aromatic nitrogens is 2. The lowest BCUT2D eigenvalue weighted by Crippen LogP contribution is -2.01. The van der Waals surface area contributed by atoms with E-state index >= 15 is 0 Å². The topological polar surface area (TPSA) is 87.4 Å². The van der Waals surface area contributed by atoms with Crippen molar-refractivity contribution in [2.45, 2.75) is 6.61 Å². The van der Waals surface area contributed by atoms with E-state index in [-0.39, 0.29) is 23.2 Å². The van der Waals surface area contributed by atoms with E-state index in [2.05, 4.69) is 9.97 Å². The van der Waals surface area contributed by atoms with Crippen LogP contribution in [-0.4, -0.2) is 22.0 Å². The molecule has 7 nitrogen and oxygen atoms in total. The van der Waals surface area contributed by atoms with Crippen LogP contribution in [0.4, 0.5) is 5.69 Å². The van der Waals surface area contributed by atoms with Crippen LogP contribution in [0.5, 0.6) is 11.5 Å². The summed E-state index contributed by atoms with van der Waals surface area (Å²) in [6.07, 6.45) is 2.81. The highest BCUT2D eigenvalue weighted by atomic mass is 35.5. The summed E-state index contributed by atoms with van der Waals surface area (Å²) < 4.78 is 10.4. The van der Waals surface area contributed by atoms with Crippen LogP contribution in [0.1, 0.15) is 5.69 Å². The Hall–Kier alpha value is -2.41. The summed E-state index contributed by atoms with van der Waals surface area (Å²) in [6.45, 7) is 0.0399. The standard InChI is InChI=1S/C12H10ClN3O4/c1-19-9-2-3-10(16(17)18)11(4-9)20-7-8-5-15-12(13)6-14-8/h2-6H,7H2,1H3. The molecule has 104 valence electrons. The first kappa shape index (κ1) is 14.0. The van der Waals surface area contributed by atoms with Crippen LogP contribution >= 0.6 is 11.6 Å². The molecule has 0 aliphatic rings. The summed E-state index contributed by atoms with van der Waals surface area (Å²) in [4.78, 5) is 18.2. The van der Waals surface area contributed by atoms with Crippen LogP contribution in [0.2, 0.25) is 5.15 Å². The largest absolute Gasteiger partial charge is 0.497 e. The Kier molecular flexibility index (Phi) is 4.31. The van der Waals surface area contributed by atoms with Crippen LogP contribution < -0.4 is 9.47 Å². The molecule has 0 saturated heterocycles. The lowest BCUT2D eigenvalue weighted by molar-refractivity contribution is -0.386. The van der Waals surface area contributed by atoms with Gasteiger partial charge in [-0.2, -0.15) is 0 Å². The number of nitrogens with zero attached hydrogens (tertiary/aromatic N) is 3. The molecule has 1 heterocycles. The molecular weight excluding hydrogens is 286 g/mol. The van der Waals surface area contributed by atoms with Crippen molar-refractivity contribution in [2.24, 2.45) is 0 Å². The number of rotatable bonds is 5. The zero-order valence-electron chi connectivity index (χ0n) is 10.4. The molecule has 2 rings (SSSR count). The second kappa shape index (κ2) is 6.16. The maximum atomic E-state index is 10.9. The third-order valence-corrected chi connectivity index (χ3v) is 2.61. The molecule has 8 heteroatoms. The molecule has 2 aromatic rings. The van der Waals surface area contributed by atoms with Crippen molar-refractivity contribution in [3.63, 3.8) is 0 Å². The van der Waals surface area contributed by atoms with Crippen LogP contribution in [0.25, 0.3) is 0 Å². The summed E-state index contributed by atoms with van der Waals surface area (Å²) in [6, 6.07) is 4.26. The van der Waals surface area contributed by atoms with Crippen LogP contribution in [0.3, 0.4) is 0 Å². The molecule has 0 N–H and O–H groups in total. The second-order valence-electron chi connectivity index (χ2n) is 3.71. The number of nitro groups is 1. The second-order valence-corrected chi connectivity index (χ2v) is 4.10. The van der Waals surface area contributed by atoms with Crippen molar-refractivity contribution >= 4 is 17.3 Å². The zero-order valence-corrected chi connectivity index (χ0v) is 11.2. The number of nitro benzene ring substituents is 1. The molecule has 0 radical (unpaired) electrons. The molecule has 0 amide bonds. The molecule has 0 fully saturated rings. The van der Waals surface area contributed by atoms with E-state index in [1.165, 1.54) is 37.7 Å². The average Bonchev–Trinajstić information content (AvgIpc) is 2.46. The Bertz CT molecular complexity index is 619. The lowest BCUT2D eigenvalue weighted by atomic mass is 10.3. The third kappa shape index (κ3) is 3.33. The third-order valence-electron chi connectivity index (χ3n) is 2.41. The Morgan fingerprint density at radius 3 is 2.75 bits per heavy atom. The first-order chi connectivity index (χ1) is 9.60. The van der Waals surface area contributed by atoms with Gasteiger partial charge in [-0.15, -0.1) is 0 Å². The Labute approximate surface area is 119 Å². The molecule has 1 aromatic heterocycles. The summed E-state index contributed by atoms with van der Waals surface area (Å²) in [7, 11) is 1.47. The molecule has 20 heavy (non-hydrogen) atoms. The van der Waals surface area contributed by atoms with E-state index in [1.807, 2.05) is 0 Å². The average molecular weight is 296 g/mol. The highest BCUT2D eigenvalue weighted by Crippen LogP contribution is 2.31. The van der Waals surface area contributed by atoms with Gasteiger partial charge in [0, 0.05) is 12.1 Å². The molecule has 0 spiro atoms. The SMILES string of the molecule is COc1ccc([N+](=O)[O-])c(OCc2cnc(Cl)cn2)c1. The van der Waals surface area contributed by atoms with Crippen molar-refractivity contribution in [1.29, 1.82) is 0 Å². The van der Waals surface area contributed by atoms with E-state index in [1.54, 1.807) is 0 Å². The molecule has 0 saturated carbocycles. The van der Waals surface area contributed by atoms with Gasteiger partial charge in [-0.05, 0) is 6.07 Å². The van der Waals surface area contributed by atoms with Crippen LogP contribution in [-0.2, 0) is 6.61 Å². The van der Waals surface area contributed by atoms with E-state index < -0.39 is 4.92 Å². The molecule has 0 aliphatic carbocycles. The van der Waals surface area contributed by atoms with Crippen molar-refractivity contribution in [3.05, 3.63) is 51.6 Å². The first-order valence-corrected chi connectivity index (χ1v) is 5.89. The summed E-state index contributed by atoms with van der Waals surface area (Å²) in [5, 5.41) is 11.2. The van der Waals surface area contributed by atoms with Crippen LogP contribution in [0, 0.1) is 10.1 Å². The van der Waals surface area contributed by atoms with Gasteiger partial charge in [0.2, 0.25) is 5.75 Å². The van der Waals surface area contributed by atoms with E-state index in [0.29, 0.717) is 11.4 Å². The normalized spacial score (nSPS) is 10.1. The predicted octanol–water partition coefficient (Wildman–Crippen LogP) is 2.63. The minimum absolute atomic E-state index is 0.0399. The number of benzene rings is 1. The summed E-state index contributed by atoms with van der Waals surface area (Å²) >= 11 is 5.61. The van der Waals surface area contributed by atoms with Gasteiger partial charge in [-0.1, -0.05) is 11.6 Å². The van der Waals surface area contributed by atoms with Gasteiger partial charge in [-0.3, -0.25) is 15.1 Å². The minimum atomic E-state index is -0.525. The van der Waals surface area contributed by atoms with Gasteiger partial charge in [0.25, 0.3) is 0 Å². The van der Waals surface area contributed by atoms with E-state index in [4.69, 9.17) is 21.1 Å². The monoisotopic (exact) mass is 295 g/mol. The zero-order chi connectivity index (χ0) is 14.5. The van der Waals surface area contributed by atoms with Gasteiger partial charge < -0.3 is 9.47 Å². The number of hydrogen-bond acceptors (Lipinski definition) is 6. The number of methoxy groups -OCH3 is 1. The lowest BCUT2D eigenvalue weighted by Gasteiger charge is -2.07. The molecule has 1 aromatic carbocycles. The summed E-state index contributed by atoms with van der Waals surface area (Å²) in [5.74, 6) is 0.568. The maximum absolute atomic E-state index is 10.9. The first-order valence-electron chi connectivity index (χ1n) is 5.52. The van der Waals surface area contributed by atoms with Gasteiger partial charge in [0.05, 0.1) is 30.1 Å². The number of ether oxygens (including phenoxy) is 2. The fraction of sp³-hybridized carbons (Fsp3) is 0.167. The smallest absolute Gasteiger partial charge is 0.311 e. The van der Waals surface area contributed by atoms with Gasteiger partial charge >= 0.3 is 5.69 Å². The molecule has 0 bridgehead atoms. The van der Waals surface area contributed by atoms with Crippen molar-refractivity contribution in [3.8, 4) is 11.5 Å². The van der Waals surface area contributed by atoms with E-state index in [0.717, 1.165) is 0 Å². The Morgan fingerprint density at radius 2 is 2.15 bits per heavy atom. The maximum Gasteiger partial charge on any atom is 0.311 e. The van der Waals surface area contributed by atoms with Crippen molar-refractivity contribution in [2.75, 3.05) is 7.11 Å². The Morgan fingerprint density at radius 1 is 1.35 bits per heavy atom. The molecular formula is C12H10ClN3O4. The minimum Gasteiger partial charge on any atom is -0.497 e. The van der Waals surface area contributed by atoms with Gasteiger partial charge in [0.15, 0.2) is 0 Å². The van der Waals surface area contributed by atoms with Gasteiger partial charge in [-0.25, -0.2) is 4.98 Å². The number of hydrogen-bond donors (Lipinski definition) is 0. The van der Waals surface area contributed by atoms with Crippen molar-refractivity contribution < 1.29 is 14.4 Å². The fourth-order valence-electron chi connectivity index (χ4n) is 1.45. The molecule has 0 aliphatic heterocycles. The fourth-order valence-corrected chi connectivity index (χ4v) is 1.55. The highest BCUT2D eigenvalue weighted by molar-refractivity contribution is 6.29. The van der Waals surface area contributed by atoms with Crippen LogP contribution in [0.15, 0.2) is 30.6 Å².